The molecule has 0 aliphatic rings. The van der Waals surface area contributed by atoms with Crippen LogP contribution in [0, 0.1) is 10.1 Å². The predicted molar refractivity (Wildman–Crippen MR) is 70.7 cm³/mol. The Labute approximate surface area is 113 Å². The second kappa shape index (κ2) is 4.14. The zero-order valence-corrected chi connectivity index (χ0v) is 11.2. The van der Waals surface area contributed by atoms with Crippen LogP contribution in [0.15, 0.2) is 34.4 Å². The average molecular weight is 325 g/mol. The van der Waals surface area contributed by atoms with Crippen molar-refractivity contribution < 1.29 is 4.92 Å². The summed E-state index contributed by atoms with van der Waals surface area (Å²) in [7, 11) is 0. The number of rotatable bonds is 2. The Balaban J connectivity index is 2.02. The van der Waals surface area contributed by atoms with Crippen LogP contribution in [0.25, 0.3) is 16.2 Å². The fourth-order valence-electron chi connectivity index (χ4n) is 1.57. The number of aromatic nitrogens is 3. The first-order valence-electron chi connectivity index (χ1n) is 4.90. The minimum atomic E-state index is -0.422. The lowest BCUT2D eigenvalue weighted by molar-refractivity contribution is -0.384. The van der Waals surface area contributed by atoms with Gasteiger partial charge in [0, 0.05) is 17.7 Å². The van der Waals surface area contributed by atoms with Crippen molar-refractivity contribution in [2.45, 2.75) is 0 Å². The first-order valence-corrected chi connectivity index (χ1v) is 6.51. The smallest absolute Gasteiger partial charge is 0.258 e. The molecule has 1 aromatic carbocycles. The highest BCUT2D eigenvalue weighted by molar-refractivity contribution is 9.11. The van der Waals surface area contributed by atoms with Crippen molar-refractivity contribution in [3.8, 4) is 11.3 Å². The number of nitro groups is 1. The maximum Gasteiger partial charge on any atom is 0.269 e. The Morgan fingerprint density at radius 1 is 1.33 bits per heavy atom. The molecule has 3 aromatic rings. The molecule has 0 amide bonds. The lowest BCUT2D eigenvalue weighted by Gasteiger charge is -1.95. The standard InChI is InChI=1S/C10H5BrN4O2S/c11-9-13-14-5-8(12-10(14)18-9)6-1-3-7(4-2-6)15(16)17/h1-5H. The lowest BCUT2D eigenvalue weighted by atomic mass is 10.1. The number of non-ortho nitro benzene ring substituents is 1. The van der Waals surface area contributed by atoms with Crippen LogP contribution < -0.4 is 0 Å². The monoisotopic (exact) mass is 324 g/mol. The van der Waals surface area contributed by atoms with Crippen LogP contribution in [0.3, 0.4) is 0 Å². The SMILES string of the molecule is O=[N+]([O-])c1ccc(-c2cn3nc(Br)sc3n2)cc1. The Morgan fingerprint density at radius 2 is 2.06 bits per heavy atom. The quantitative estimate of drug-likeness (QED) is 0.536. The highest BCUT2D eigenvalue weighted by Gasteiger charge is 2.10. The maximum atomic E-state index is 10.6. The highest BCUT2D eigenvalue weighted by Crippen LogP contribution is 2.25. The third kappa shape index (κ3) is 1.89. The van der Waals surface area contributed by atoms with Crippen molar-refractivity contribution in [1.29, 1.82) is 0 Å². The van der Waals surface area contributed by atoms with Crippen LogP contribution in [0.1, 0.15) is 0 Å². The number of halogens is 1. The first kappa shape index (κ1) is 11.3. The molecule has 0 N–H and O–H groups in total. The van der Waals surface area contributed by atoms with E-state index in [1.807, 2.05) is 0 Å². The van der Waals surface area contributed by atoms with Gasteiger partial charge in [0.05, 0.1) is 16.8 Å². The van der Waals surface area contributed by atoms with Gasteiger partial charge in [-0.15, -0.1) is 5.10 Å². The molecular formula is C10H5BrN4O2S. The van der Waals surface area contributed by atoms with Crippen molar-refractivity contribution in [2.24, 2.45) is 0 Å². The number of hydrogen-bond acceptors (Lipinski definition) is 5. The number of fused-ring (bicyclic) bond motifs is 1. The molecule has 0 atom stereocenters. The largest absolute Gasteiger partial charge is 0.269 e. The van der Waals surface area contributed by atoms with Crippen LogP contribution in [-0.4, -0.2) is 19.5 Å². The Hall–Kier alpha value is -1.80. The van der Waals surface area contributed by atoms with Gasteiger partial charge in [0.2, 0.25) is 4.96 Å². The summed E-state index contributed by atoms with van der Waals surface area (Å²) in [6, 6.07) is 6.29. The zero-order chi connectivity index (χ0) is 12.7. The van der Waals surface area contributed by atoms with Crippen molar-refractivity contribution in [1.82, 2.24) is 14.6 Å². The van der Waals surface area contributed by atoms with Crippen molar-refractivity contribution in [3.05, 3.63) is 44.5 Å². The van der Waals surface area contributed by atoms with E-state index in [1.54, 1.807) is 22.8 Å². The van der Waals surface area contributed by atoms with Crippen molar-refractivity contribution >= 4 is 37.9 Å². The summed E-state index contributed by atoms with van der Waals surface area (Å²) >= 11 is 4.71. The van der Waals surface area contributed by atoms with Crippen LogP contribution in [0.2, 0.25) is 0 Å². The molecule has 0 saturated heterocycles. The molecule has 0 bridgehead atoms. The summed E-state index contributed by atoms with van der Waals surface area (Å²) in [4.78, 5) is 15.3. The maximum absolute atomic E-state index is 10.6. The van der Waals surface area contributed by atoms with Crippen molar-refractivity contribution in [3.63, 3.8) is 0 Å². The third-order valence-corrected chi connectivity index (χ3v) is 3.75. The number of nitrogens with zero attached hydrogens (tertiary/aromatic N) is 4. The number of hydrogen-bond donors (Lipinski definition) is 0. The van der Waals surface area contributed by atoms with Crippen LogP contribution >= 0.6 is 27.3 Å². The predicted octanol–water partition coefficient (Wildman–Crippen LogP) is 3.13. The van der Waals surface area contributed by atoms with E-state index in [0.717, 1.165) is 20.1 Å². The van der Waals surface area contributed by atoms with Gasteiger partial charge >= 0.3 is 0 Å². The molecule has 0 unspecified atom stereocenters. The number of imidazole rings is 1. The Kier molecular flexibility index (Phi) is 2.60. The van der Waals surface area contributed by atoms with E-state index < -0.39 is 4.92 Å². The molecule has 0 radical (unpaired) electrons. The molecule has 0 fully saturated rings. The zero-order valence-electron chi connectivity index (χ0n) is 8.78. The van der Waals surface area contributed by atoms with Gasteiger partial charge in [0.1, 0.15) is 0 Å². The molecule has 2 heterocycles. The Morgan fingerprint density at radius 3 is 2.67 bits per heavy atom. The molecule has 0 saturated carbocycles. The summed E-state index contributed by atoms with van der Waals surface area (Å²) in [5.41, 5.74) is 1.64. The molecule has 0 spiro atoms. The molecule has 18 heavy (non-hydrogen) atoms. The van der Waals surface area contributed by atoms with Crippen LogP contribution in [0.5, 0.6) is 0 Å². The second-order valence-electron chi connectivity index (χ2n) is 3.51. The third-order valence-electron chi connectivity index (χ3n) is 2.39. The van der Waals surface area contributed by atoms with Gasteiger partial charge in [-0.3, -0.25) is 10.1 Å². The van der Waals surface area contributed by atoms with Gasteiger partial charge in [0.15, 0.2) is 3.92 Å². The summed E-state index contributed by atoms with van der Waals surface area (Å²) in [6.45, 7) is 0. The van der Waals surface area contributed by atoms with Gasteiger partial charge in [0.25, 0.3) is 5.69 Å². The summed E-state index contributed by atoms with van der Waals surface area (Å²) in [6.07, 6.45) is 1.79. The average Bonchev–Trinajstić information content (AvgIpc) is 2.86. The van der Waals surface area contributed by atoms with Gasteiger partial charge in [-0.1, -0.05) is 11.3 Å². The van der Waals surface area contributed by atoms with Gasteiger partial charge in [-0.2, -0.15) is 0 Å². The second-order valence-corrected chi connectivity index (χ2v) is 5.74. The van der Waals surface area contributed by atoms with E-state index in [9.17, 15) is 10.1 Å². The minimum Gasteiger partial charge on any atom is -0.258 e. The minimum absolute atomic E-state index is 0.0700. The molecule has 8 heteroatoms. The van der Waals surface area contributed by atoms with E-state index in [2.05, 4.69) is 26.0 Å². The molecular weight excluding hydrogens is 320 g/mol. The van der Waals surface area contributed by atoms with Gasteiger partial charge in [-0.25, -0.2) is 9.50 Å². The first-order chi connectivity index (χ1) is 8.63. The molecule has 6 nitrogen and oxygen atoms in total. The Bertz CT molecular complexity index is 703. The van der Waals surface area contributed by atoms with Gasteiger partial charge < -0.3 is 0 Å². The number of nitro benzene ring substituents is 1. The molecule has 0 aliphatic heterocycles. The van der Waals surface area contributed by atoms with E-state index >= 15 is 0 Å². The van der Waals surface area contributed by atoms with E-state index in [4.69, 9.17) is 0 Å². The molecule has 2 aromatic heterocycles. The van der Waals surface area contributed by atoms with Crippen molar-refractivity contribution in [2.75, 3.05) is 0 Å². The molecule has 90 valence electrons. The van der Waals surface area contributed by atoms with Crippen LogP contribution in [0.4, 0.5) is 5.69 Å². The van der Waals surface area contributed by atoms with E-state index in [1.165, 1.54) is 23.5 Å². The fraction of sp³-hybridized carbons (Fsp3) is 0. The molecule has 0 aliphatic carbocycles. The highest BCUT2D eigenvalue weighted by atomic mass is 79.9. The number of benzene rings is 1. The topological polar surface area (TPSA) is 73.3 Å². The van der Waals surface area contributed by atoms with E-state index in [-0.39, 0.29) is 5.69 Å². The summed E-state index contributed by atoms with van der Waals surface area (Å²) in [5.74, 6) is 0. The van der Waals surface area contributed by atoms with E-state index in [0.29, 0.717) is 0 Å². The fourth-order valence-corrected chi connectivity index (χ4v) is 2.78. The normalized spacial score (nSPS) is 10.9. The summed E-state index contributed by atoms with van der Waals surface area (Å²) < 4.78 is 2.44. The summed E-state index contributed by atoms with van der Waals surface area (Å²) in [5, 5.41) is 14.7. The van der Waals surface area contributed by atoms with Crippen LogP contribution in [-0.2, 0) is 0 Å². The lowest BCUT2D eigenvalue weighted by Crippen LogP contribution is -1.87. The molecule has 3 rings (SSSR count). The van der Waals surface area contributed by atoms with Gasteiger partial charge in [-0.05, 0) is 28.1 Å².